The fourth-order valence-electron chi connectivity index (χ4n) is 2.56. The average molecular weight is 389 g/mol. The van der Waals surface area contributed by atoms with E-state index in [-0.39, 0.29) is 23.8 Å². The summed E-state index contributed by atoms with van der Waals surface area (Å²) in [5, 5.41) is 2.63. The Morgan fingerprint density at radius 1 is 1.19 bits per heavy atom. The normalized spacial score (nSPS) is 13.0. The van der Waals surface area contributed by atoms with E-state index in [1.807, 2.05) is 23.9 Å². The van der Waals surface area contributed by atoms with Crippen molar-refractivity contribution in [1.82, 2.24) is 10.3 Å². The third-order valence-electron chi connectivity index (χ3n) is 4.04. The number of carbonyl (C=O) groups is 2. The molecule has 0 spiro atoms. The quantitative estimate of drug-likeness (QED) is 0.615. The van der Waals surface area contributed by atoms with Crippen LogP contribution in [0.5, 0.6) is 5.75 Å². The highest BCUT2D eigenvalue weighted by Crippen LogP contribution is 2.25. The molecule has 9 heteroatoms. The monoisotopic (exact) mass is 389 g/mol. The predicted octanol–water partition coefficient (Wildman–Crippen LogP) is 1.13. The molecule has 0 unspecified atom stereocenters. The summed E-state index contributed by atoms with van der Waals surface area (Å²) >= 11 is 0. The van der Waals surface area contributed by atoms with E-state index >= 15 is 0 Å². The van der Waals surface area contributed by atoms with E-state index < -0.39 is 15.9 Å². The Morgan fingerprint density at radius 3 is 2.63 bits per heavy atom. The summed E-state index contributed by atoms with van der Waals surface area (Å²) in [6, 6.07) is 11.5. The number of carbonyl (C=O) groups excluding carboxylic acids is 2. The third-order valence-corrected chi connectivity index (χ3v) is 5.28. The van der Waals surface area contributed by atoms with Crippen LogP contribution in [0.4, 0.5) is 5.69 Å². The molecule has 3 N–H and O–H groups in total. The highest BCUT2D eigenvalue weighted by molar-refractivity contribution is 7.89. The molecule has 3 rings (SSSR count). The van der Waals surface area contributed by atoms with Gasteiger partial charge in [-0.05, 0) is 47.9 Å². The second kappa shape index (κ2) is 7.77. The van der Waals surface area contributed by atoms with Crippen LogP contribution < -0.4 is 20.3 Å². The summed E-state index contributed by atoms with van der Waals surface area (Å²) < 4.78 is 29.9. The largest absolute Gasteiger partial charge is 0.484 e. The van der Waals surface area contributed by atoms with Crippen LogP contribution >= 0.6 is 0 Å². The second-order valence-electron chi connectivity index (χ2n) is 5.98. The van der Waals surface area contributed by atoms with E-state index in [0.717, 1.165) is 12.0 Å². The van der Waals surface area contributed by atoms with Crippen LogP contribution in [0.2, 0.25) is 0 Å². The lowest BCUT2D eigenvalue weighted by Gasteiger charge is -2.10. The lowest BCUT2D eigenvalue weighted by atomic mass is 10.2. The molecule has 27 heavy (non-hydrogen) atoms. The standard InChI is InChI=1S/C18H19N3O5S/c1-2-12-3-5-14(6-4-12)26-11-18(23)20-21-27(24,25)15-7-8-16-13(9-15)10-17(22)19-16/h3-9,21H,2,10-11H2,1H3,(H,19,22)(H,20,23). The number of rotatable bonds is 7. The Hall–Kier alpha value is -2.91. The number of hydrazine groups is 1. The zero-order chi connectivity index (χ0) is 19.4. The maximum atomic E-state index is 12.3. The van der Waals surface area contributed by atoms with Crippen LogP contribution in [-0.2, 0) is 32.5 Å². The van der Waals surface area contributed by atoms with Gasteiger partial charge >= 0.3 is 0 Å². The van der Waals surface area contributed by atoms with Crippen LogP contribution in [0.25, 0.3) is 0 Å². The Balaban J connectivity index is 1.54. The molecule has 2 aromatic carbocycles. The second-order valence-corrected chi connectivity index (χ2v) is 7.67. The molecule has 1 aliphatic rings. The first kappa shape index (κ1) is 18.9. The van der Waals surface area contributed by atoms with E-state index in [4.69, 9.17) is 4.74 Å². The topological polar surface area (TPSA) is 114 Å². The molecule has 0 fully saturated rings. The number of hydrogen-bond acceptors (Lipinski definition) is 5. The minimum Gasteiger partial charge on any atom is -0.484 e. The molecular weight excluding hydrogens is 370 g/mol. The Morgan fingerprint density at radius 2 is 1.93 bits per heavy atom. The van der Waals surface area contributed by atoms with Crippen LogP contribution in [0.1, 0.15) is 18.1 Å². The summed E-state index contributed by atoms with van der Waals surface area (Å²) in [7, 11) is -3.96. The van der Waals surface area contributed by atoms with Gasteiger partial charge in [0.1, 0.15) is 5.75 Å². The number of ether oxygens (including phenoxy) is 1. The van der Waals surface area contributed by atoms with Gasteiger partial charge in [-0.25, -0.2) is 8.42 Å². The lowest BCUT2D eigenvalue weighted by molar-refractivity contribution is -0.123. The zero-order valence-electron chi connectivity index (χ0n) is 14.6. The molecule has 1 aliphatic heterocycles. The summed E-state index contributed by atoms with van der Waals surface area (Å²) in [5.74, 6) is -0.318. The minimum atomic E-state index is -3.96. The van der Waals surface area contributed by atoms with Gasteiger partial charge in [0.15, 0.2) is 6.61 Å². The van der Waals surface area contributed by atoms with Gasteiger partial charge in [-0.3, -0.25) is 15.0 Å². The number of hydrogen-bond donors (Lipinski definition) is 3. The number of nitrogens with one attached hydrogen (secondary N) is 3. The van der Waals surface area contributed by atoms with Crippen LogP contribution in [0, 0.1) is 0 Å². The Bertz CT molecular complexity index is 971. The van der Waals surface area contributed by atoms with Gasteiger partial charge < -0.3 is 10.1 Å². The molecule has 0 radical (unpaired) electrons. The van der Waals surface area contributed by atoms with Crippen molar-refractivity contribution < 1.29 is 22.7 Å². The van der Waals surface area contributed by atoms with E-state index in [9.17, 15) is 18.0 Å². The van der Waals surface area contributed by atoms with Crippen molar-refractivity contribution in [3.05, 3.63) is 53.6 Å². The van der Waals surface area contributed by atoms with E-state index in [1.54, 1.807) is 12.1 Å². The molecule has 0 bridgehead atoms. The predicted molar refractivity (Wildman–Crippen MR) is 98.6 cm³/mol. The number of benzene rings is 2. The Kier molecular flexibility index (Phi) is 5.43. The van der Waals surface area contributed by atoms with Crippen molar-refractivity contribution in [2.45, 2.75) is 24.7 Å². The van der Waals surface area contributed by atoms with Gasteiger partial charge in [-0.15, -0.1) is 4.83 Å². The maximum Gasteiger partial charge on any atom is 0.272 e. The first-order valence-corrected chi connectivity index (χ1v) is 9.81. The minimum absolute atomic E-state index is 0.0471. The SMILES string of the molecule is CCc1ccc(OCC(=O)NNS(=O)(=O)c2ccc3c(c2)CC(=O)N3)cc1. The molecule has 2 aromatic rings. The van der Waals surface area contributed by atoms with Crippen LogP contribution in [0.3, 0.4) is 0 Å². The van der Waals surface area contributed by atoms with Crippen LogP contribution in [0.15, 0.2) is 47.4 Å². The van der Waals surface area contributed by atoms with Crippen LogP contribution in [-0.4, -0.2) is 26.8 Å². The molecule has 1 heterocycles. The highest BCUT2D eigenvalue weighted by Gasteiger charge is 2.22. The van der Waals surface area contributed by atoms with E-state index in [2.05, 4.69) is 10.7 Å². The van der Waals surface area contributed by atoms with Gasteiger partial charge in [-0.1, -0.05) is 19.1 Å². The molecule has 142 valence electrons. The van der Waals surface area contributed by atoms with E-state index in [1.165, 1.54) is 18.2 Å². The fourth-order valence-corrected chi connectivity index (χ4v) is 3.47. The van der Waals surface area contributed by atoms with Gasteiger partial charge in [-0.2, -0.15) is 0 Å². The first-order valence-electron chi connectivity index (χ1n) is 8.32. The van der Waals surface area contributed by atoms with Gasteiger partial charge in [0.2, 0.25) is 5.91 Å². The van der Waals surface area contributed by atoms with Crippen molar-refractivity contribution >= 4 is 27.5 Å². The number of fused-ring (bicyclic) bond motifs is 1. The summed E-state index contributed by atoms with van der Waals surface area (Å²) in [6.45, 7) is 1.70. The summed E-state index contributed by atoms with van der Waals surface area (Å²) in [4.78, 5) is 25.2. The van der Waals surface area contributed by atoms with Gasteiger partial charge in [0.25, 0.3) is 15.9 Å². The molecule has 0 atom stereocenters. The van der Waals surface area contributed by atoms with E-state index in [0.29, 0.717) is 17.0 Å². The van der Waals surface area contributed by atoms with Gasteiger partial charge in [0.05, 0.1) is 11.3 Å². The number of anilines is 1. The third kappa shape index (κ3) is 4.63. The molecule has 0 aromatic heterocycles. The molecular formula is C18H19N3O5S. The molecule has 2 amide bonds. The Labute approximate surface area is 156 Å². The van der Waals surface area contributed by atoms with Gasteiger partial charge in [0, 0.05) is 5.69 Å². The number of amides is 2. The molecule has 0 saturated carbocycles. The number of sulfonamides is 1. The van der Waals surface area contributed by atoms with Crippen molar-refractivity contribution in [3.8, 4) is 5.75 Å². The molecule has 8 nitrogen and oxygen atoms in total. The van der Waals surface area contributed by atoms with Crippen molar-refractivity contribution in [2.24, 2.45) is 0 Å². The zero-order valence-corrected chi connectivity index (χ0v) is 15.4. The maximum absolute atomic E-state index is 12.3. The average Bonchev–Trinajstić information content (AvgIpc) is 3.04. The fraction of sp³-hybridized carbons (Fsp3) is 0.222. The van der Waals surface area contributed by atoms with Crippen molar-refractivity contribution in [2.75, 3.05) is 11.9 Å². The number of aryl methyl sites for hydroxylation is 1. The smallest absolute Gasteiger partial charge is 0.272 e. The first-order chi connectivity index (χ1) is 12.9. The molecule has 0 saturated heterocycles. The molecule has 0 aliphatic carbocycles. The summed E-state index contributed by atoms with van der Waals surface area (Å²) in [5.41, 5.74) is 4.43. The highest BCUT2D eigenvalue weighted by atomic mass is 32.2. The lowest BCUT2D eigenvalue weighted by Crippen LogP contribution is -2.43. The summed E-state index contributed by atoms with van der Waals surface area (Å²) in [6.07, 6.45) is 1.02. The van der Waals surface area contributed by atoms with Crippen molar-refractivity contribution in [3.63, 3.8) is 0 Å². The van der Waals surface area contributed by atoms with Crippen molar-refractivity contribution in [1.29, 1.82) is 0 Å².